The Bertz CT molecular complexity index is 796. The van der Waals surface area contributed by atoms with Gasteiger partial charge in [0.25, 0.3) is 0 Å². The molecule has 1 atom stereocenters. The van der Waals surface area contributed by atoms with E-state index in [0.29, 0.717) is 24.7 Å². The van der Waals surface area contributed by atoms with E-state index in [9.17, 15) is 9.59 Å². The van der Waals surface area contributed by atoms with Gasteiger partial charge < -0.3 is 10.2 Å². The van der Waals surface area contributed by atoms with Gasteiger partial charge in [-0.15, -0.1) is 11.6 Å². The maximum Gasteiger partial charge on any atom is 0.234 e. The van der Waals surface area contributed by atoms with Crippen LogP contribution < -0.4 is 5.32 Å². The van der Waals surface area contributed by atoms with E-state index in [-0.39, 0.29) is 23.6 Å². The van der Waals surface area contributed by atoms with E-state index in [1.165, 1.54) is 5.56 Å². The van der Waals surface area contributed by atoms with Gasteiger partial charge in [-0.1, -0.05) is 48.0 Å². The molecule has 0 heterocycles. The molecule has 0 saturated carbocycles. The maximum atomic E-state index is 13.1. The molecular formula is C20H20Cl2N2O2. The summed E-state index contributed by atoms with van der Waals surface area (Å²) in [7, 11) is 0. The summed E-state index contributed by atoms with van der Waals surface area (Å²) in [5.41, 5.74) is 3.23. The number of hydrogen-bond donors (Lipinski definition) is 1. The molecule has 2 aromatic rings. The molecule has 0 aliphatic heterocycles. The first-order valence-electron chi connectivity index (χ1n) is 8.52. The lowest BCUT2D eigenvalue weighted by molar-refractivity contribution is -0.134. The Morgan fingerprint density at radius 2 is 1.92 bits per heavy atom. The van der Waals surface area contributed by atoms with Gasteiger partial charge in [0, 0.05) is 24.7 Å². The Morgan fingerprint density at radius 1 is 1.15 bits per heavy atom. The molecule has 1 aliphatic rings. The van der Waals surface area contributed by atoms with Crippen LogP contribution in [0.3, 0.4) is 0 Å². The van der Waals surface area contributed by atoms with Crippen LogP contribution in [0.1, 0.15) is 22.6 Å². The minimum Gasteiger partial charge on any atom is -0.353 e. The predicted molar refractivity (Wildman–Crippen MR) is 103 cm³/mol. The van der Waals surface area contributed by atoms with Crippen LogP contribution in [0.25, 0.3) is 0 Å². The number of fused-ring (bicyclic) bond motifs is 1. The Hall–Kier alpha value is -2.04. The van der Waals surface area contributed by atoms with E-state index in [2.05, 4.69) is 5.32 Å². The molecule has 2 aromatic carbocycles. The second-order valence-corrected chi connectivity index (χ2v) is 7.03. The van der Waals surface area contributed by atoms with Crippen LogP contribution in [-0.2, 0) is 22.6 Å². The van der Waals surface area contributed by atoms with Crippen LogP contribution in [-0.4, -0.2) is 35.7 Å². The number of alkyl halides is 1. The van der Waals surface area contributed by atoms with E-state index in [4.69, 9.17) is 23.2 Å². The number of carbonyl (C=O) groups is 2. The molecule has 6 heteroatoms. The summed E-state index contributed by atoms with van der Waals surface area (Å²) in [5.74, 6) is -0.430. The van der Waals surface area contributed by atoms with Crippen LogP contribution in [0, 0.1) is 0 Å². The van der Waals surface area contributed by atoms with Crippen LogP contribution >= 0.6 is 23.2 Å². The van der Waals surface area contributed by atoms with Crippen molar-refractivity contribution in [2.24, 2.45) is 0 Å². The summed E-state index contributed by atoms with van der Waals surface area (Å²) in [6.07, 6.45) is 0.727. The van der Waals surface area contributed by atoms with Crippen molar-refractivity contribution in [1.29, 1.82) is 0 Å². The SMILES string of the molecule is O=C(CCl)NCCN(Cc1ccccc1)C(=O)C1Cc2ccc(Cl)cc21. The lowest BCUT2D eigenvalue weighted by Gasteiger charge is -2.34. The molecule has 0 aromatic heterocycles. The third-order valence-electron chi connectivity index (χ3n) is 4.56. The number of benzene rings is 2. The van der Waals surface area contributed by atoms with Crippen molar-refractivity contribution in [3.05, 3.63) is 70.2 Å². The van der Waals surface area contributed by atoms with Crippen molar-refractivity contribution < 1.29 is 9.59 Å². The minimum absolute atomic E-state index is 0.0590. The normalized spacial score (nSPS) is 14.9. The average Bonchev–Trinajstić information content (AvgIpc) is 2.64. The number of hydrogen-bond acceptors (Lipinski definition) is 2. The first-order valence-corrected chi connectivity index (χ1v) is 9.43. The number of nitrogens with zero attached hydrogens (tertiary/aromatic N) is 1. The number of halogens is 2. The van der Waals surface area contributed by atoms with Gasteiger partial charge in [0.15, 0.2) is 0 Å². The quantitative estimate of drug-likeness (QED) is 0.736. The van der Waals surface area contributed by atoms with Crippen LogP contribution in [0.2, 0.25) is 5.02 Å². The molecule has 0 radical (unpaired) electrons. The fraction of sp³-hybridized carbons (Fsp3) is 0.300. The molecule has 0 spiro atoms. The number of amides is 2. The second-order valence-electron chi connectivity index (χ2n) is 6.33. The first-order chi connectivity index (χ1) is 12.6. The summed E-state index contributed by atoms with van der Waals surface area (Å²) in [4.78, 5) is 26.2. The highest BCUT2D eigenvalue weighted by Gasteiger charge is 2.35. The molecule has 0 fully saturated rings. The van der Waals surface area contributed by atoms with E-state index in [0.717, 1.165) is 17.5 Å². The van der Waals surface area contributed by atoms with Crippen molar-refractivity contribution >= 4 is 35.0 Å². The molecule has 0 saturated heterocycles. The number of rotatable bonds is 7. The Labute approximate surface area is 163 Å². The summed E-state index contributed by atoms with van der Waals surface area (Å²) in [5, 5.41) is 3.36. The van der Waals surface area contributed by atoms with Gasteiger partial charge in [0.1, 0.15) is 5.88 Å². The molecule has 26 heavy (non-hydrogen) atoms. The first kappa shape index (κ1) is 18.7. The monoisotopic (exact) mass is 390 g/mol. The molecule has 2 amide bonds. The van der Waals surface area contributed by atoms with Gasteiger partial charge in [0.2, 0.25) is 11.8 Å². The van der Waals surface area contributed by atoms with E-state index >= 15 is 0 Å². The number of nitrogens with one attached hydrogen (secondary N) is 1. The van der Waals surface area contributed by atoms with Gasteiger partial charge in [0.05, 0.1) is 5.92 Å². The molecule has 1 N–H and O–H groups in total. The lowest BCUT2D eigenvalue weighted by atomic mass is 9.76. The zero-order chi connectivity index (χ0) is 18.5. The van der Waals surface area contributed by atoms with Crippen molar-refractivity contribution in [1.82, 2.24) is 10.2 Å². The summed E-state index contributed by atoms with van der Waals surface area (Å²) in [6, 6.07) is 15.5. The molecular weight excluding hydrogens is 371 g/mol. The Morgan fingerprint density at radius 3 is 2.65 bits per heavy atom. The van der Waals surface area contributed by atoms with E-state index < -0.39 is 0 Å². The van der Waals surface area contributed by atoms with Gasteiger partial charge in [-0.25, -0.2) is 0 Å². The van der Waals surface area contributed by atoms with Crippen LogP contribution in [0.4, 0.5) is 0 Å². The third-order valence-corrected chi connectivity index (χ3v) is 5.04. The second kappa shape index (κ2) is 8.56. The highest BCUT2D eigenvalue weighted by Crippen LogP contribution is 2.38. The van der Waals surface area contributed by atoms with Gasteiger partial charge in [-0.3, -0.25) is 9.59 Å². The van der Waals surface area contributed by atoms with Crippen LogP contribution in [0.5, 0.6) is 0 Å². The zero-order valence-corrected chi connectivity index (χ0v) is 15.8. The highest BCUT2D eigenvalue weighted by molar-refractivity contribution is 6.30. The molecule has 1 unspecified atom stereocenters. The topological polar surface area (TPSA) is 49.4 Å². The molecule has 4 nitrogen and oxygen atoms in total. The third kappa shape index (κ3) is 4.37. The largest absolute Gasteiger partial charge is 0.353 e. The Balaban J connectivity index is 1.71. The number of carbonyl (C=O) groups excluding carboxylic acids is 2. The minimum atomic E-state index is -0.237. The smallest absolute Gasteiger partial charge is 0.234 e. The van der Waals surface area contributed by atoms with Crippen molar-refractivity contribution in [2.45, 2.75) is 18.9 Å². The fourth-order valence-electron chi connectivity index (χ4n) is 3.16. The Kier molecular flexibility index (Phi) is 6.17. The zero-order valence-electron chi connectivity index (χ0n) is 14.3. The van der Waals surface area contributed by atoms with Gasteiger partial charge >= 0.3 is 0 Å². The summed E-state index contributed by atoms with van der Waals surface area (Å²) < 4.78 is 0. The fourth-order valence-corrected chi connectivity index (χ4v) is 3.44. The van der Waals surface area contributed by atoms with E-state index in [1.54, 1.807) is 4.90 Å². The van der Waals surface area contributed by atoms with Gasteiger partial charge in [-0.2, -0.15) is 0 Å². The van der Waals surface area contributed by atoms with E-state index in [1.807, 2.05) is 48.5 Å². The molecule has 1 aliphatic carbocycles. The van der Waals surface area contributed by atoms with Crippen molar-refractivity contribution in [3.8, 4) is 0 Å². The highest BCUT2D eigenvalue weighted by atomic mass is 35.5. The summed E-state index contributed by atoms with van der Waals surface area (Å²) >= 11 is 11.6. The maximum absolute atomic E-state index is 13.1. The molecule has 3 rings (SSSR count). The van der Waals surface area contributed by atoms with Gasteiger partial charge in [-0.05, 0) is 35.2 Å². The lowest BCUT2D eigenvalue weighted by Crippen LogP contribution is -2.43. The van der Waals surface area contributed by atoms with Crippen molar-refractivity contribution in [2.75, 3.05) is 19.0 Å². The van der Waals surface area contributed by atoms with Crippen LogP contribution in [0.15, 0.2) is 48.5 Å². The standard InChI is InChI=1S/C20H20Cl2N2O2/c21-12-19(25)23-8-9-24(13-14-4-2-1-3-5-14)20(26)18-10-15-6-7-16(22)11-17(15)18/h1-7,11,18H,8-10,12-13H2,(H,23,25). The summed E-state index contributed by atoms with van der Waals surface area (Å²) in [6.45, 7) is 1.31. The molecule has 0 bridgehead atoms. The average molecular weight is 391 g/mol. The predicted octanol–water partition coefficient (Wildman–Crippen LogP) is 3.36. The van der Waals surface area contributed by atoms with Crippen molar-refractivity contribution in [3.63, 3.8) is 0 Å². The molecule has 136 valence electrons.